The summed E-state index contributed by atoms with van der Waals surface area (Å²) in [6.07, 6.45) is -8.67. The fourth-order valence-corrected chi connectivity index (χ4v) is 9.86. The second kappa shape index (κ2) is 25.3. The summed E-state index contributed by atoms with van der Waals surface area (Å²) >= 11 is 0. The van der Waals surface area contributed by atoms with Gasteiger partial charge in [-0.2, -0.15) is 39.5 Å². The number of carbonyl (C=O) groups excluding carboxylic acids is 3. The van der Waals surface area contributed by atoms with E-state index in [-0.39, 0.29) is 62.4 Å². The number of benzene rings is 4. The van der Waals surface area contributed by atoms with Gasteiger partial charge in [0, 0.05) is 105 Å². The van der Waals surface area contributed by atoms with Gasteiger partial charge in [-0.25, -0.2) is 23.2 Å². The molecular weight excluding hydrogens is 1080 g/mol. The molecule has 23 heteroatoms. The number of hydrogen-bond donors (Lipinski definition) is 3. The molecule has 11 nitrogen and oxygen atoms in total. The third-order valence-electron chi connectivity index (χ3n) is 14.6. The quantitative estimate of drug-likeness (QED) is 0.137. The third-order valence-corrected chi connectivity index (χ3v) is 14.6. The Morgan fingerprint density at radius 2 is 0.938 bits per heavy atom. The molecule has 0 bridgehead atoms. The Morgan fingerprint density at radius 1 is 0.519 bits per heavy atom. The standard InChI is InChI=1S/C20H21F4N3O.C19H19F4N3O.C19H18F4N2O/c1-13-4-3-10-25-17(13)19(21)9-11-27(14(2)12-19)18(28)26-16-7-5-15(6-8-16)20(22,23)24;20-13-18(16-3-1-2-10-24-16)8-11-26(12-9-18)17(27)25-15-6-4-14(5-7-15)19(21,22)23;20-18(14-4-2-1-3-5-14)10-12-25(13-11-18)17(26)24-16-8-6-15(7-9-16)19(21,22)23/h3-8,10,14H,9,11-12H2,1-2H3,(H,26,28);1-7,10H,8-9,11-13H2,(H,25,27);1-9H,10-13H2,(H,24,26). The zero-order chi connectivity index (χ0) is 58.8. The average molecular weight is 1140 g/mol. The van der Waals surface area contributed by atoms with Gasteiger partial charge in [-0.1, -0.05) is 42.5 Å². The molecule has 2 unspecified atom stereocenters. The van der Waals surface area contributed by atoms with E-state index in [0.717, 1.165) is 42.0 Å². The van der Waals surface area contributed by atoms with Crippen molar-refractivity contribution in [1.29, 1.82) is 0 Å². The molecule has 5 heterocycles. The first-order valence-corrected chi connectivity index (χ1v) is 25.8. The van der Waals surface area contributed by atoms with Gasteiger partial charge in [0.2, 0.25) is 0 Å². The summed E-state index contributed by atoms with van der Waals surface area (Å²) in [4.78, 5) is 50.1. The van der Waals surface area contributed by atoms with Crippen molar-refractivity contribution in [2.45, 2.75) is 93.7 Å². The van der Waals surface area contributed by atoms with Crippen LogP contribution in [0.25, 0.3) is 0 Å². The summed E-state index contributed by atoms with van der Waals surface area (Å²) in [5.74, 6) is 0. The van der Waals surface area contributed by atoms with Crippen molar-refractivity contribution in [1.82, 2.24) is 24.7 Å². The molecule has 0 radical (unpaired) electrons. The number of likely N-dealkylation sites (tertiary alicyclic amines) is 3. The molecular formula is C58H58F12N8O3. The van der Waals surface area contributed by atoms with Gasteiger partial charge in [0.25, 0.3) is 0 Å². The molecule has 81 heavy (non-hydrogen) atoms. The average Bonchev–Trinajstić information content (AvgIpc) is 3.45. The molecule has 0 aliphatic carbocycles. The number of anilines is 3. The monoisotopic (exact) mass is 1140 g/mol. The maximum Gasteiger partial charge on any atom is 0.416 e. The van der Waals surface area contributed by atoms with Gasteiger partial charge in [-0.3, -0.25) is 14.4 Å². The highest BCUT2D eigenvalue weighted by molar-refractivity contribution is 5.90. The van der Waals surface area contributed by atoms with Crippen molar-refractivity contribution >= 4 is 35.2 Å². The fraction of sp³-hybridized carbons (Fsp3) is 0.362. The molecule has 9 rings (SSSR count). The highest BCUT2D eigenvalue weighted by Crippen LogP contribution is 2.41. The van der Waals surface area contributed by atoms with E-state index in [1.165, 1.54) is 51.1 Å². The minimum Gasteiger partial charge on any atom is -0.324 e. The first-order chi connectivity index (χ1) is 38.2. The molecule has 2 atom stereocenters. The first kappa shape index (κ1) is 60.8. The van der Waals surface area contributed by atoms with Crippen LogP contribution in [0.2, 0.25) is 0 Å². The van der Waals surface area contributed by atoms with Crippen LogP contribution in [0.3, 0.4) is 0 Å². The molecule has 6 amide bonds. The number of aryl methyl sites for hydroxylation is 1. The number of rotatable bonds is 7. The summed E-state index contributed by atoms with van der Waals surface area (Å²) in [7, 11) is 0. The zero-order valence-electron chi connectivity index (χ0n) is 43.9. The molecule has 4 aromatic carbocycles. The molecule has 2 aromatic heterocycles. The number of nitrogens with zero attached hydrogens (tertiary/aromatic N) is 5. The fourth-order valence-electron chi connectivity index (χ4n) is 9.86. The SMILES string of the molecule is Cc1cccnc1C1(F)CCN(C(=O)Nc2ccc(C(F)(F)F)cc2)C(C)C1.O=C(Nc1ccc(C(F)(F)F)cc1)N1CCC(CF)(c2ccccn2)CC1.O=C(Nc1ccc(C(F)(F)F)cc1)N1CCC(F)(c2ccccc2)CC1. The number of halogens is 12. The number of amides is 6. The van der Waals surface area contributed by atoms with Crippen LogP contribution >= 0.6 is 0 Å². The number of pyridine rings is 2. The van der Waals surface area contributed by atoms with Crippen molar-refractivity contribution in [2.75, 3.05) is 55.3 Å². The van der Waals surface area contributed by atoms with Crippen LogP contribution in [0.1, 0.15) is 84.7 Å². The van der Waals surface area contributed by atoms with Crippen LogP contribution in [-0.2, 0) is 35.3 Å². The van der Waals surface area contributed by atoms with Crippen molar-refractivity contribution in [3.63, 3.8) is 0 Å². The van der Waals surface area contributed by atoms with Gasteiger partial charge < -0.3 is 30.7 Å². The second-order valence-corrected chi connectivity index (χ2v) is 20.1. The van der Waals surface area contributed by atoms with E-state index >= 15 is 8.78 Å². The smallest absolute Gasteiger partial charge is 0.324 e. The van der Waals surface area contributed by atoms with Crippen molar-refractivity contribution in [3.8, 4) is 0 Å². The van der Waals surface area contributed by atoms with Crippen LogP contribution in [0.5, 0.6) is 0 Å². The van der Waals surface area contributed by atoms with E-state index in [4.69, 9.17) is 0 Å². The largest absolute Gasteiger partial charge is 0.416 e. The lowest BCUT2D eigenvalue weighted by Gasteiger charge is -2.41. The van der Waals surface area contributed by atoms with Gasteiger partial charge in [-0.15, -0.1) is 0 Å². The van der Waals surface area contributed by atoms with Crippen molar-refractivity contribution in [3.05, 3.63) is 185 Å². The van der Waals surface area contributed by atoms with Gasteiger partial charge in [0.1, 0.15) is 12.3 Å². The number of urea groups is 3. The molecule has 432 valence electrons. The number of carbonyl (C=O) groups is 3. The summed E-state index contributed by atoms with van der Waals surface area (Å²) in [5, 5.41) is 7.72. The molecule has 3 saturated heterocycles. The molecule has 3 fully saturated rings. The lowest BCUT2D eigenvalue weighted by molar-refractivity contribution is -0.138. The van der Waals surface area contributed by atoms with Gasteiger partial charge in [0.15, 0.2) is 5.67 Å². The molecule has 3 N–H and O–H groups in total. The lowest BCUT2D eigenvalue weighted by atomic mass is 9.76. The zero-order valence-corrected chi connectivity index (χ0v) is 43.9. The highest BCUT2D eigenvalue weighted by Gasteiger charge is 2.44. The van der Waals surface area contributed by atoms with Crippen LogP contribution in [0, 0.1) is 6.92 Å². The molecule has 3 aliphatic heterocycles. The Morgan fingerprint density at radius 3 is 1.35 bits per heavy atom. The van der Waals surface area contributed by atoms with Crippen molar-refractivity contribution < 1.29 is 67.1 Å². The maximum absolute atomic E-state index is 15.5. The van der Waals surface area contributed by atoms with E-state index in [1.807, 2.05) is 12.1 Å². The molecule has 0 spiro atoms. The Bertz CT molecular complexity index is 3030. The Balaban J connectivity index is 0.000000175. The first-order valence-electron chi connectivity index (χ1n) is 25.8. The van der Waals surface area contributed by atoms with E-state index in [0.29, 0.717) is 42.9 Å². The van der Waals surface area contributed by atoms with Gasteiger partial charge in [0.05, 0.1) is 22.4 Å². The second-order valence-electron chi connectivity index (χ2n) is 20.1. The number of hydrogen-bond acceptors (Lipinski definition) is 5. The van der Waals surface area contributed by atoms with E-state index in [1.54, 1.807) is 74.8 Å². The Hall–Kier alpha value is -7.85. The minimum atomic E-state index is -4.43. The van der Waals surface area contributed by atoms with Gasteiger partial charge in [-0.05, 0) is 129 Å². The molecule has 6 aromatic rings. The normalized spacial score (nSPS) is 18.9. The number of aromatic nitrogens is 2. The number of piperidine rings is 3. The Kier molecular flexibility index (Phi) is 19.0. The summed E-state index contributed by atoms with van der Waals surface area (Å²) in [6, 6.07) is 28.7. The molecule has 3 aliphatic rings. The Labute approximate surface area is 459 Å². The summed E-state index contributed by atoms with van der Waals surface area (Å²) < 4.78 is 158. The maximum atomic E-state index is 15.5. The van der Waals surface area contributed by atoms with E-state index in [2.05, 4.69) is 25.9 Å². The van der Waals surface area contributed by atoms with Gasteiger partial charge >= 0.3 is 36.6 Å². The highest BCUT2D eigenvalue weighted by atomic mass is 19.4. The summed E-state index contributed by atoms with van der Waals surface area (Å²) in [6.45, 7) is 4.32. The number of nitrogens with one attached hydrogen (secondary N) is 3. The predicted molar refractivity (Wildman–Crippen MR) is 281 cm³/mol. The third kappa shape index (κ3) is 15.5. The van der Waals surface area contributed by atoms with Crippen LogP contribution in [-0.4, -0.2) is 88.2 Å². The van der Waals surface area contributed by atoms with Crippen LogP contribution < -0.4 is 16.0 Å². The van der Waals surface area contributed by atoms with Crippen LogP contribution in [0.4, 0.5) is 84.1 Å². The van der Waals surface area contributed by atoms with E-state index < -0.39 is 82.8 Å². The summed E-state index contributed by atoms with van der Waals surface area (Å²) in [5.41, 5.74) is -2.90. The van der Waals surface area contributed by atoms with Crippen LogP contribution in [0.15, 0.2) is 146 Å². The van der Waals surface area contributed by atoms with E-state index in [9.17, 15) is 58.3 Å². The van der Waals surface area contributed by atoms with Crippen molar-refractivity contribution in [2.24, 2.45) is 0 Å². The number of alkyl halides is 12. The minimum absolute atomic E-state index is 0.102. The lowest BCUT2D eigenvalue weighted by Crippen LogP contribution is -2.50. The molecule has 0 saturated carbocycles. The predicted octanol–water partition coefficient (Wildman–Crippen LogP) is 15.1. The topological polar surface area (TPSA) is 123 Å².